The highest BCUT2D eigenvalue weighted by molar-refractivity contribution is 7.99. The zero-order chi connectivity index (χ0) is 19.8. The van der Waals surface area contributed by atoms with Gasteiger partial charge in [-0.2, -0.15) is 10.5 Å². The Labute approximate surface area is 167 Å². The zero-order valence-electron chi connectivity index (χ0n) is 14.8. The number of carbonyl (C=O) groups excluding carboxylic acids is 1. The number of hydrogen-bond acceptors (Lipinski definition) is 5. The Hall–Kier alpha value is -3.74. The predicted molar refractivity (Wildman–Crippen MR) is 107 cm³/mol. The summed E-state index contributed by atoms with van der Waals surface area (Å²) in [6, 6.07) is 25.4. The molecule has 0 spiro atoms. The third kappa shape index (κ3) is 4.70. The zero-order valence-corrected chi connectivity index (χ0v) is 15.6. The van der Waals surface area contributed by atoms with Crippen molar-refractivity contribution in [1.29, 1.82) is 10.5 Å². The second-order valence-corrected chi connectivity index (χ2v) is 6.72. The summed E-state index contributed by atoms with van der Waals surface area (Å²) < 4.78 is 5.19. The van der Waals surface area contributed by atoms with E-state index in [-0.39, 0.29) is 12.5 Å². The molecule has 0 aliphatic carbocycles. The molecule has 3 aromatic rings. The molecule has 0 aliphatic rings. The summed E-state index contributed by atoms with van der Waals surface area (Å²) in [5, 5.41) is 20.7. The number of benzene rings is 3. The number of ether oxygens (including phenoxy) is 1. The minimum atomic E-state index is -0.256. The number of nitrogens with zero attached hydrogens (tertiary/aromatic N) is 2. The molecule has 0 radical (unpaired) electrons. The molecule has 1 amide bonds. The van der Waals surface area contributed by atoms with Gasteiger partial charge >= 0.3 is 0 Å². The van der Waals surface area contributed by atoms with E-state index in [1.165, 1.54) is 11.8 Å². The molecule has 3 aromatic carbocycles. The quantitative estimate of drug-likeness (QED) is 0.654. The lowest BCUT2D eigenvalue weighted by Gasteiger charge is -2.12. The van der Waals surface area contributed by atoms with Gasteiger partial charge in [-0.05, 0) is 48.5 Å². The number of amides is 1. The van der Waals surface area contributed by atoms with E-state index in [1.54, 1.807) is 30.3 Å². The second kappa shape index (κ2) is 9.27. The van der Waals surface area contributed by atoms with Gasteiger partial charge in [0.05, 0.1) is 11.3 Å². The van der Waals surface area contributed by atoms with Crippen LogP contribution in [0.2, 0.25) is 0 Å². The molecule has 0 unspecified atom stereocenters. The molecule has 5 nitrogen and oxygen atoms in total. The number of carbonyl (C=O) groups is 1. The molecule has 0 aromatic heterocycles. The van der Waals surface area contributed by atoms with Crippen molar-refractivity contribution in [1.82, 2.24) is 0 Å². The van der Waals surface area contributed by atoms with Crippen molar-refractivity contribution in [2.24, 2.45) is 0 Å². The second-order valence-electron chi connectivity index (χ2n) is 5.63. The molecular weight excluding hydrogens is 370 g/mol. The van der Waals surface area contributed by atoms with Crippen molar-refractivity contribution >= 4 is 23.4 Å². The van der Waals surface area contributed by atoms with Crippen LogP contribution in [0.4, 0.5) is 5.69 Å². The average Bonchev–Trinajstić information content (AvgIpc) is 2.74. The summed E-state index contributed by atoms with van der Waals surface area (Å²) in [6.45, 7) is -0.0414. The maximum atomic E-state index is 12.6. The first-order valence-corrected chi connectivity index (χ1v) is 9.20. The van der Waals surface area contributed by atoms with E-state index in [9.17, 15) is 10.1 Å². The van der Waals surface area contributed by atoms with Crippen LogP contribution in [0.1, 0.15) is 15.9 Å². The Kier molecular flexibility index (Phi) is 6.30. The van der Waals surface area contributed by atoms with Gasteiger partial charge in [-0.15, -0.1) is 0 Å². The number of para-hydroxylation sites is 1. The number of nitrogens with one attached hydrogen (secondary N) is 1. The maximum absolute atomic E-state index is 12.6. The fourth-order valence-corrected chi connectivity index (χ4v) is 3.42. The highest BCUT2D eigenvalue weighted by Crippen LogP contribution is 2.35. The van der Waals surface area contributed by atoms with Gasteiger partial charge in [0.15, 0.2) is 6.61 Å². The third-order valence-electron chi connectivity index (χ3n) is 3.78. The monoisotopic (exact) mass is 385 g/mol. The normalized spacial score (nSPS) is 9.79. The van der Waals surface area contributed by atoms with E-state index in [0.717, 1.165) is 9.79 Å². The van der Waals surface area contributed by atoms with Gasteiger partial charge in [0.1, 0.15) is 17.9 Å². The molecule has 0 bridgehead atoms. The highest BCUT2D eigenvalue weighted by Gasteiger charge is 2.11. The minimum absolute atomic E-state index is 0.0414. The molecule has 0 saturated carbocycles. The average molecular weight is 385 g/mol. The van der Waals surface area contributed by atoms with Gasteiger partial charge in [-0.3, -0.25) is 4.79 Å². The van der Waals surface area contributed by atoms with E-state index in [0.29, 0.717) is 22.6 Å². The number of anilines is 1. The molecule has 6 heteroatoms. The topological polar surface area (TPSA) is 85.9 Å². The molecule has 3 rings (SSSR count). The Morgan fingerprint density at radius 2 is 1.61 bits per heavy atom. The van der Waals surface area contributed by atoms with Crippen LogP contribution < -0.4 is 10.1 Å². The first-order chi connectivity index (χ1) is 13.7. The number of hydrogen-bond donors (Lipinski definition) is 1. The van der Waals surface area contributed by atoms with Crippen molar-refractivity contribution in [3.63, 3.8) is 0 Å². The molecule has 0 heterocycles. The lowest BCUT2D eigenvalue weighted by atomic mass is 10.2. The molecular formula is C22H15N3O2S. The smallest absolute Gasteiger partial charge is 0.255 e. The van der Waals surface area contributed by atoms with Crippen molar-refractivity contribution in [2.75, 3.05) is 11.9 Å². The summed E-state index contributed by atoms with van der Waals surface area (Å²) in [4.78, 5) is 14.3. The van der Waals surface area contributed by atoms with Gasteiger partial charge in [-0.25, -0.2) is 0 Å². The first-order valence-electron chi connectivity index (χ1n) is 8.38. The van der Waals surface area contributed by atoms with Crippen LogP contribution in [0.15, 0.2) is 82.6 Å². The Bertz CT molecular complexity index is 1070. The van der Waals surface area contributed by atoms with Gasteiger partial charge in [-0.1, -0.05) is 36.0 Å². The number of rotatable bonds is 6. The SMILES string of the molecule is N#CCOc1ccc(C(=O)Nc2ccccc2Sc2ccccc2C#N)cc1. The summed E-state index contributed by atoms with van der Waals surface area (Å²) in [5.74, 6) is 0.274. The van der Waals surface area contributed by atoms with E-state index in [1.807, 2.05) is 48.5 Å². The van der Waals surface area contributed by atoms with E-state index in [4.69, 9.17) is 10.00 Å². The Morgan fingerprint density at radius 3 is 2.32 bits per heavy atom. The predicted octanol–water partition coefficient (Wildman–Crippen LogP) is 4.86. The number of nitriles is 2. The molecule has 28 heavy (non-hydrogen) atoms. The first kappa shape index (κ1) is 19.0. The Morgan fingerprint density at radius 1 is 0.929 bits per heavy atom. The standard InChI is InChI=1S/C22H15N3O2S/c23-13-14-27-18-11-9-16(10-12-18)22(26)25-19-6-2-4-8-21(19)28-20-7-3-1-5-17(20)15-24/h1-12H,14H2,(H,25,26). The van der Waals surface area contributed by atoms with Gasteiger partial charge in [0.2, 0.25) is 0 Å². The van der Waals surface area contributed by atoms with Gasteiger partial charge in [0, 0.05) is 15.4 Å². The molecule has 0 fully saturated rings. The summed E-state index contributed by atoms with van der Waals surface area (Å²) >= 11 is 1.43. The summed E-state index contributed by atoms with van der Waals surface area (Å²) in [5.41, 5.74) is 1.72. The van der Waals surface area contributed by atoms with E-state index >= 15 is 0 Å². The fraction of sp³-hybridized carbons (Fsp3) is 0.0455. The van der Waals surface area contributed by atoms with Crippen LogP contribution in [-0.4, -0.2) is 12.5 Å². The van der Waals surface area contributed by atoms with Crippen LogP contribution in [0.3, 0.4) is 0 Å². The van der Waals surface area contributed by atoms with E-state index in [2.05, 4.69) is 11.4 Å². The van der Waals surface area contributed by atoms with Crippen LogP contribution in [0.25, 0.3) is 0 Å². The van der Waals surface area contributed by atoms with Crippen molar-refractivity contribution < 1.29 is 9.53 Å². The van der Waals surface area contributed by atoms with Crippen LogP contribution in [-0.2, 0) is 0 Å². The lowest BCUT2D eigenvalue weighted by molar-refractivity contribution is 0.102. The van der Waals surface area contributed by atoms with Crippen LogP contribution >= 0.6 is 11.8 Å². The largest absolute Gasteiger partial charge is 0.479 e. The van der Waals surface area contributed by atoms with Crippen LogP contribution in [0, 0.1) is 22.7 Å². The highest BCUT2D eigenvalue weighted by atomic mass is 32.2. The molecule has 0 aliphatic heterocycles. The van der Waals surface area contributed by atoms with Crippen LogP contribution in [0.5, 0.6) is 5.75 Å². The molecule has 0 saturated heterocycles. The van der Waals surface area contributed by atoms with Crippen molar-refractivity contribution in [2.45, 2.75) is 9.79 Å². The minimum Gasteiger partial charge on any atom is -0.479 e. The molecule has 1 N–H and O–H groups in total. The van der Waals surface area contributed by atoms with Gasteiger partial charge in [0.25, 0.3) is 5.91 Å². The van der Waals surface area contributed by atoms with Crippen molar-refractivity contribution in [3.05, 3.63) is 83.9 Å². The fourth-order valence-electron chi connectivity index (χ4n) is 2.44. The van der Waals surface area contributed by atoms with Crippen molar-refractivity contribution in [3.8, 4) is 17.9 Å². The summed E-state index contributed by atoms with van der Waals surface area (Å²) in [6.07, 6.45) is 0. The van der Waals surface area contributed by atoms with Gasteiger partial charge < -0.3 is 10.1 Å². The Balaban J connectivity index is 1.77. The third-order valence-corrected chi connectivity index (χ3v) is 4.93. The maximum Gasteiger partial charge on any atom is 0.255 e. The molecule has 136 valence electrons. The molecule has 0 atom stereocenters. The van der Waals surface area contributed by atoms with E-state index < -0.39 is 0 Å². The lowest BCUT2D eigenvalue weighted by Crippen LogP contribution is -2.12. The summed E-state index contributed by atoms with van der Waals surface area (Å²) in [7, 11) is 0.